The van der Waals surface area contributed by atoms with Gasteiger partial charge in [-0.05, 0) is 23.2 Å². The minimum absolute atomic E-state index is 0.731. The van der Waals surface area contributed by atoms with Gasteiger partial charge in [0.2, 0.25) is 0 Å². The summed E-state index contributed by atoms with van der Waals surface area (Å²) in [6.45, 7) is 0. The lowest BCUT2D eigenvalue weighted by Gasteiger charge is -1.56. The second-order valence-electron chi connectivity index (χ2n) is 0.493. The van der Waals surface area contributed by atoms with E-state index in [0.717, 1.165) is 0 Å². The van der Waals surface area contributed by atoms with Crippen LogP contribution in [0.1, 0.15) is 0 Å². The Morgan fingerprint density at radius 2 is 2.17 bits per heavy atom. The van der Waals surface area contributed by atoms with Crippen LogP contribution in [0.5, 0.6) is 0 Å². The molecular weight excluding hydrogens is 123 g/mol. The molecule has 0 radical (unpaired) electrons. The molecule has 0 N–H and O–H groups in total. The Balaban J connectivity index is 3.50. The predicted octanol–water partition coefficient (Wildman–Crippen LogP) is 0.952. The van der Waals surface area contributed by atoms with Crippen LogP contribution in [0.25, 0.3) is 0 Å². The zero-order chi connectivity index (χ0) is 4.99. The topological polar surface area (TPSA) is 17.1 Å². The highest BCUT2D eigenvalue weighted by Gasteiger charge is 1.77. The summed E-state index contributed by atoms with van der Waals surface area (Å²) in [7, 11) is 0. The molecule has 0 saturated heterocycles. The van der Waals surface area contributed by atoms with Crippen LogP contribution >= 0.6 is 23.2 Å². The van der Waals surface area contributed by atoms with Crippen molar-refractivity contribution in [3.63, 3.8) is 0 Å². The van der Waals surface area contributed by atoms with Gasteiger partial charge < -0.3 is 0 Å². The average Bonchev–Trinajstić information content (AvgIpc) is 1.35. The van der Waals surface area contributed by atoms with Gasteiger partial charge in [0.15, 0.2) is 0 Å². The van der Waals surface area contributed by atoms with Crippen molar-refractivity contribution < 1.29 is 4.79 Å². The Morgan fingerprint density at radius 3 is 2.17 bits per heavy atom. The van der Waals surface area contributed by atoms with Crippen LogP contribution < -0.4 is 0 Å². The Hall–Kier alpha value is -0.190. The van der Waals surface area contributed by atoms with Crippen molar-refractivity contribution in [2.45, 2.75) is 0 Å². The maximum atomic E-state index is 9.55. The number of hydrogen-bond donors (Lipinski definition) is 0. The summed E-state index contributed by atoms with van der Waals surface area (Å²) >= 11 is 9.41. The van der Waals surface area contributed by atoms with Gasteiger partial charge in [-0.3, -0.25) is 4.79 Å². The van der Waals surface area contributed by atoms with E-state index in [9.17, 15) is 4.79 Å². The highest BCUT2D eigenvalue weighted by Crippen LogP contribution is 1.73. The molecule has 0 amide bonds. The molecule has 0 spiro atoms. The normalized spacial score (nSPS) is 5.67. The smallest absolute Gasteiger partial charge is 0.266 e. The molecule has 1 nitrogen and oxygen atoms in total. The molecule has 0 aromatic carbocycles. The van der Waals surface area contributed by atoms with Gasteiger partial charge in [-0.2, -0.15) is 0 Å². The van der Waals surface area contributed by atoms with Crippen LogP contribution in [0.2, 0.25) is 0 Å². The van der Waals surface area contributed by atoms with Crippen LogP contribution in [-0.4, -0.2) is 5.24 Å². The maximum absolute atomic E-state index is 9.55. The summed E-state index contributed by atoms with van der Waals surface area (Å²) in [5, 5.41) is 1.08. The first-order valence-electron chi connectivity index (χ1n) is 1.08. The lowest BCUT2D eigenvalue weighted by Crippen LogP contribution is -1.71. The van der Waals surface area contributed by atoms with Gasteiger partial charge in [0.25, 0.3) is 5.24 Å². The average molecular weight is 123 g/mol. The second kappa shape index (κ2) is 3.02. The van der Waals surface area contributed by atoms with Gasteiger partial charge in [0, 0.05) is 11.3 Å². The molecule has 0 aliphatic rings. The summed E-state index contributed by atoms with van der Waals surface area (Å²) in [4.78, 5) is 9.55. The third-order valence-corrected chi connectivity index (χ3v) is 0.335. The molecule has 0 aliphatic heterocycles. The Bertz CT molecular complexity index is 108. The van der Waals surface area contributed by atoms with E-state index in [1.54, 1.807) is 0 Å². The molecule has 3 heteroatoms. The Kier molecular flexibility index (Phi) is 2.92. The Labute approximate surface area is 45.2 Å². The van der Waals surface area contributed by atoms with E-state index in [0.29, 0.717) is 0 Å². The molecule has 0 aromatic rings. The third-order valence-electron chi connectivity index (χ3n) is 0.146. The number of rotatable bonds is 0. The van der Waals surface area contributed by atoms with E-state index in [-0.39, 0.29) is 0 Å². The molecule has 0 bridgehead atoms. The molecule has 0 heterocycles. The third kappa shape index (κ3) is 3.81. The van der Waals surface area contributed by atoms with Crippen molar-refractivity contribution in [3.05, 3.63) is 0 Å². The molecule has 0 aromatic heterocycles. The first kappa shape index (κ1) is 5.81. The standard InChI is InChI=1S/C3Cl2O/c4-2-1-3(5)6. The van der Waals surface area contributed by atoms with Crippen LogP contribution in [0.4, 0.5) is 0 Å². The van der Waals surface area contributed by atoms with Gasteiger partial charge >= 0.3 is 0 Å². The first-order chi connectivity index (χ1) is 2.77. The number of halogens is 2. The number of hydrogen-bond acceptors (Lipinski definition) is 1. The zero-order valence-corrected chi connectivity index (χ0v) is 4.18. The summed E-state index contributed by atoms with van der Waals surface area (Å²) in [5.41, 5.74) is 0. The van der Waals surface area contributed by atoms with Crippen molar-refractivity contribution in [2.24, 2.45) is 0 Å². The lowest BCUT2D eigenvalue weighted by molar-refractivity contribution is -0.106. The molecule has 0 rings (SSSR count). The number of carbonyl (C=O) groups excluding carboxylic acids is 1. The molecule has 0 fully saturated rings. The fourth-order valence-electron chi connectivity index (χ4n) is 0.0371. The van der Waals surface area contributed by atoms with E-state index in [4.69, 9.17) is 11.6 Å². The van der Waals surface area contributed by atoms with Crippen molar-refractivity contribution in [2.75, 3.05) is 0 Å². The second-order valence-corrected chi connectivity index (χ2v) is 1.03. The van der Waals surface area contributed by atoms with Crippen LogP contribution in [-0.2, 0) is 4.79 Å². The lowest BCUT2D eigenvalue weighted by atomic mass is 10.8. The van der Waals surface area contributed by atoms with E-state index in [2.05, 4.69) is 11.6 Å². The van der Waals surface area contributed by atoms with E-state index < -0.39 is 5.24 Å². The SMILES string of the molecule is O=C(Cl)C#CCl. The fraction of sp³-hybridized carbons (Fsp3) is 0. The molecule has 0 saturated carbocycles. The van der Waals surface area contributed by atoms with Crippen molar-refractivity contribution in [1.82, 2.24) is 0 Å². The molecular formula is C3Cl2O. The van der Waals surface area contributed by atoms with E-state index >= 15 is 0 Å². The van der Waals surface area contributed by atoms with Crippen molar-refractivity contribution >= 4 is 28.4 Å². The van der Waals surface area contributed by atoms with E-state index in [1.165, 1.54) is 0 Å². The van der Waals surface area contributed by atoms with Gasteiger partial charge in [0.1, 0.15) is 0 Å². The first-order valence-corrected chi connectivity index (χ1v) is 1.84. The van der Waals surface area contributed by atoms with Crippen LogP contribution in [0, 0.1) is 11.3 Å². The van der Waals surface area contributed by atoms with Crippen molar-refractivity contribution in [1.29, 1.82) is 0 Å². The van der Waals surface area contributed by atoms with Gasteiger partial charge in [-0.25, -0.2) is 0 Å². The van der Waals surface area contributed by atoms with Crippen molar-refractivity contribution in [3.8, 4) is 11.3 Å². The molecule has 32 valence electrons. The summed E-state index contributed by atoms with van der Waals surface area (Å²) in [6, 6.07) is 0. The largest absolute Gasteiger partial charge is 0.297 e. The summed E-state index contributed by atoms with van der Waals surface area (Å²) in [6.07, 6.45) is 0. The molecule has 0 atom stereocenters. The monoisotopic (exact) mass is 122 g/mol. The van der Waals surface area contributed by atoms with Gasteiger partial charge in [0.05, 0.1) is 0 Å². The summed E-state index contributed by atoms with van der Waals surface area (Å²) in [5.74, 6) is 1.85. The highest BCUT2D eigenvalue weighted by molar-refractivity contribution is 6.68. The predicted molar refractivity (Wildman–Crippen MR) is 24.5 cm³/mol. The quantitative estimate of drug-likeness (QED) is 0.346. The Morgan fingerprint density at radius 1 is 1.67 bits per heavy atom. The summed E-state index contributed by atoms with van der Waals surface area (Å²) < 4.78 is 0. The molecule has 0 aliphatic carbocycles. The van der Waals surface area contributed by atoms with Gasteiger partial charge in [-0.15, -0.1) is 0 Å². The van der Waals surface area contributed by atoms with Crippen LogP contribution in [0.15, 0.2) is 0 Å². The molecule has 6 heavy (non-hydrogen) atoms. The maximum Gasteiger partial charge on any atom is 0.297 e. The fourth-order valence-corrected chi connectivity index (χ4v) is 0.219. The zero-order valence-electron chi connectivity index (χ0n) is 2.66. The van der Waals surface area contributed by atoms with Gasteiger partial charge in [-0.1, -0.05) is 0 Å². The van der Waals surface area contributed by atoms with Crippen LogP contribution in [0.3, 0.4) is 0 Å². The van der Waals surface area contributed by atoms with E-state index in [1.807, 2.05) is 11.3 Å². The highest BCUT2D eigenvalue weighted by atomic mass is 35.5. The minimum Gasteiger partial charge on any atom is -0.266 e. The molecule has 0 unspecified atom stereocenters. The minimum atomic E-state index is -0.731. The number of carbonyl (C=O) groups is 1.